The Morgan fingerprint density at radius 2 is 1.95 bits per heavy atom. The third kappa shape index (κ3) is 5.08. The largest absolute Gasteiger partial charge is 0.389 e. The number of aliphatic hydroxyl groups is 1. The number of nitrogens with zero attached hydrogens (tertiary/aromatic N) is 1. The van der Waals surface area contributed by atoms with Gasteiger partial charge in [-0.3, -0.25) is 0 Å². The molecule has 2 unspecified atom stereocenters. The van der Waals surface area contributed by atoms with Gasteiger partial charge in [-0.2, -0.15) is 0 Å². The smallest absolute Gasteiger partial charge is 0.0900 e. The van der Waals surface area contributed by atoms with E-state index in [1.807, 2.05) is 0 Å². The zero-order chi connectivity index (χ0) is 15.8. The van der Waals surface area contributed by atoms with Crippen molar-refractivity contribution in [3.8, 4) is 0 Å². The van der Waals surface area contributed by atoms with Gasteiger partial charge in [0.25, 0.3) is 0 Å². The third-order valence-corrected chi connectivity index (χ3v) is 4.35. The van der Waals surface area contributed by atoms with Crippen LogP contribution in [0.15, 0.2) is 24.3 Å². The Kier molecular flexibility index (Phi) is 7.37. The third-order valence-electron chi connectivity index (χ3n) is 4.35. The molecule has 0 aliphatic heterocycles. The summed E-state index contributed by atoms with van der Waals surface area (Å²) in [5.41, 5.74) is 2.73. The molecule has 22 heavy (non-hydrogen) atoms. The van der Waals surface area contributed by atoms with Gasteiger partial charge in [-0.15, -0.1) is 0 Å². The number of benzene rings is 1. The first-order valence-electron chi connectivity index (χ1n) is 8.84. The molecule has 1 aromatic rings. The Labute approximate surface area is 135 Å². The van der Waals surface area contributed by atoms with Crippen LogP contribution in [0.1, 0.15) is 56.8 Å². The van der Waals surface area contributed by atoms with E-state index in [-0.39, 0.29) is 6.10 Å². The Hall–Kier alpha value is -0.900. The highest BCUT2D eigenvalue weighted by Crippen LogP contribution is 2.32. The molecule has 1 N–H and O–H groups in total. The van der Waals surface area contributed by atoms with Gasteiger partial charge >= 0.3 is 0 Å². The molecule has 0 saturated heterocycles. The van der Waals surface area contributed by atoms with Crippen molar-refractivity contribution in [2.45, 2.75) is 58.2 Å². The van der Waals surface area contributed by atoms with Gasteiger partial charge in [-0.05, 0) is 56.3 Å². The minimum absolute atomic E-state index is 0.158. The molecule has 1 aliphatic carbocycles. The predicted molar refractivity (Wildman–Crippen MR) is 91.1 cm³/mol. The van der Waals surface area contributed by atoms with E-state index in [4.69, 9.17) is 4.74 Å². The Balaban J connectivity index is 1.82. The molecular weight excluding hydrogens is 274 g/mol. The van der Waals surface area contributed by atoms with Gasteiger partial charge in [-0.25, -0.2) is 0 Å². The average molecular weight is 305 g/mol. The maximum atomic E-state index is 10.3. The number of ether oxygens (including phenoxy) is 1. The summed E-state index contributed by atoms with van der Waals surface area (Å²) >= 11 is 0. The normalized spacial score (nSPS) is 19.2. The van der Waals surface area contributed by atoms with Gasteiger partial charge in [0, 0.05) is 6.54 Å². The molecule has 0 amide bonds. The molecule has 0 saturated carbocycles. The van der Waals surface area contributed by atoms with E-state index in [0.717, 1.165) is 45.3 Å². The highest BCUT2D eigenvalue weighted by Gasteiger charge is 2.21. The van der Waals surface area contributed by atoms with E-state index in [1.54, 1.807) is 0 Å². The minimum atomic E-state index is -0.396. The van der Waals surface area contributed by atoms with Crippen molar-refractivity contribution in [1.29, 1.82) is 0 Å². The van der Waals surface area contributed by atoms with Crippen LogP contribution in [0, 0.1) is 0 Å². The molecule has 0 fully saturated rings. The molecule has 1 aromatic carbocycles. The van der Waals surface area contributed by atoms with Crippen LogP contribution >= 0.6 is 0 Å². The maximum Gasteiger partial charge on any atom is 0.0900 e. The lowest BCUT2D eigenvalue weighted by Crippen LogP contribution is -2.36. The monoisotopic (exact) mass is 305 g/mol. The Morgan fingerprint density at radius 1 is 1.23 bits per heavy atom. The Bertz CT molecular complexity index is 429. The van der Waals surface area contributed by atoms with E-state index in [2.05, 4.69) is 43.0 Å². The van der Waals surface area contributed by atoms with Crippen molar-refractivity contribution in [3.63, 3.8) is 0 Å². The summed E-state index contributed by atoms with van der Waals surface area (Å²) in [6, 6.07) is 8.56. The zero-order valence-electron chi connectivity index (χ0n) is 14.1. The lowest BCUT2D eigenvalue weighted by Gasteiger charge is -2.28. The molecule has 0 aromatic heterocycles. The number of fused-ring (bicyclic) bond motifs is 1. The van der Waals surface area contributed by atoms with E-state index < -0.39 is 6.10 Å². The van der Waals surface area contributed by atoms with Crippen LogP contribution in [0.5, 0.6) is 0 Å². The molecule has 0 radical (unpaired) electrons. The fourth-order valence-electron chi connectivity index (χ4n) is 3.39. The molecular formula is C19H31NO2. The topological polar surface area (TPSA) is 32.7 Å². The maximum absolute atomic E-state index is 10.3. The van der Waals surface area contributed by atoms with Crippen LogP contribution in [-0.4, -0.2) is 42.4 Å². The zero-order valence-corrected chi connectivity index (χ0v) is 14.1. The van der Waals surface area contributed by atoms with Crippen LogP contribution in [0.4, 0.5) is 0 Å². The van der Waals surface area contributed by atoms with Crippen molar-refractivity contribution in [2.24, 2.45) is 0 Å². The van der Waals surface area contributed by atoms with Crippen LogP contribution in [0.25, 0.3) is 0 Å². The van der Waals surface area contributed by atoms with Gasteiger partial charge in [0.1, 0.15) is 0 Å². The van der Waals surface area contributed by atoms with Crippen LogP contribution in [0.3, 0.4) is 0 Å². The Morgan fingerprint density at radius 3 is 2.68 bits per heavy atom. The van der Waals surface area contributed by atoms with Crippen molar-refractivity contribution in [1.82, 2.24) is 4.90 Å². The van der Waals surface area contributed by atoms with E-state index in [0.29, 0.717) is 6.61 Å². The molecule has 0 spiro atoms. The van der Waals surface area contributed by atoms with Gasteiger partial charge in [0.15, 0.2) is 0 Å². The minimum Gasteiger partial charge on any atom is -0.389 e. The molecule has 124 valence electrons. The van der Waals surface area contributed by atoms with Gasteiger partial charge in [0.2, 0.25) is 0 Å². The summed E-state index contributed by atoms with van der Waals surface area (Å²) in [4.78, 5) is 2.34. The molecule has 0 bridgehead atoms. The van der Waals surface area contributed by atoms with Crippen molar-refractivity contribution in [3.05, 3.63) is 35.4 Å². The second kappa shape index (κ2) is 9.29. The van der Waals surface area contributed by atoms with Crippen molar-refractivity contribution in [2.75, 3.05) is 26.2 Å². The highest BCUT2D eigenvalue weighted by molar-refractivity contribution is 5.31. The number of aryl methyl sites for hydroxylation is 1. The first kappa shape index (κ1) is 17.5. The van der Waals surface area contributed by atoms with Crippen LogP contribution in [-0.2, 0) is 11.2 Å². The van der Waals surface area contributed by atoms with Crippen LogP contribution < -0.4 is 0 Å². The molecule has 3 heteroatoms. The second-order valence-corrected chi connectivity index (χ2v) is 6.37. The van der Waals surface area contributed by atoms with Crippen LogP contribution in [0.2, 0.25) is 0 Å². The van der Waals surface area contributed by atoms with Gasteiger partial charge in [0.05, 0.1) is 18.8 Å². The predicted octanol–water partition coefficient (Wildman–Crippen LogP) is 3.56. The molecule has 3 nitrogen and oxygen atoms in total. The first-order chi connectivity index (χ1) is 10.7. The summed E-state index contributed by atoms with van der Waals surface area (Å²) in [7, 11) is 0. The second-order valence-electron chi connectivity index (χ2n) is 6.37. The van der Waals surface area contributed by atoms with Crippen molar-refractivity contribution >= 4 is 0 Å². The molecule has 0 heterocycles. The van der Waals surface area contributed by atoms with Gasteiger partial charge in [-0.1, -0.05) is 38.1 Å². The van der Waals surface area contributed by atoms with E-state index >= 15 is 0 Å². The lowest BCUT2D eigenvalue weighted by atomic mass is 9.89. The lowest BCUT2D eigenvalue weighted by molar-refractivity contribution is -0.0281. The fraction of sp³-hybridized carbons (Fsp3) is 0.684. The summed E-state index contributed by atoms with van der Waals surface area (Å²) in [5.74, 6) is 0. The number of hydrogen-bond acceptors (Lipinski definition) is 3. The summed E-state index contributed by atoms with van der Waals surface area (Å²) in [6.07, 6.45) is 5.41. The standard InChI is InChI=1S/C19H31NO2/c1-3-12-20(13-4-2)14-17(21)15-22-19-11-7-9-16-8-5-6-10-18(16)19/h5-6,8,10,17,19,21H,3-4,7,9,11-15H2,1-2H3. The summed E-state index contributed by atoms with van der Waals surface area (Å²) < 4.78 is 6.05. The number of hydrogen-bond donors (Lipinski definition) is 1. The fourth-order valence-corrected chi connectivity index (χ4v) is 3.39. The quantitative estimate of drug-likeness (QED) is 0.757. The van der Waals surface area contributed by atoms with Crippen molar-refractivity contribution < 1.29 is 9.84 Å². The number of aliphatic hydroxyl groups excluding tert-OH is 1. The van der Waals surface area contributed by atoms with E-state index in [1.165, 1.54) is 17.5 Å². The molecule has 2 rings (SSSR count). The highest BCUT2D eigenvalue weighted by atomic mass is 16.5. The summed E-state index contributed by atoms with van der Waals surface area (Å²) in [5, 5.41) is 10.3. The van der Waals surface area contributed by atoms with Gasteiger partial charge < -0.3 is 14.7 Å². The average Bonchev–Trinajstić information content (AvgIpc) is 2.53. The van der Waals surface area contributed by atoms with E-state index in [9.17, 15) is 5.11 Å². The summed E-state index contributed by atoms with van der Waals surface area (Å²) in [6.45, 7) is 7.63. The first-order valence-corrected chi connectivity index (χ1v) is 8.84. The molecule has 1 aliphatic rings. The molecule has 2 atom stereocenters. The number of rotatable bonds is 9. The SMILES string of the molecule is CCCN(CCC)CC(O)COC1CCCc2ccccc21.